The molecule has 0 saturated heterocycles. The van der Waals surface area contributed by atoms with E-state index in [2.05, 4.69) is 66.7 Å². The third kappa shape index (κ3) is 3.97. The molecule has 0 amide bonds. The van der Waals surface area contributed by atoms with Gasteiger partial charge in [-0.25, -0.2) is 15.0 Å². The molecule has 0 N–H and O–H groups in total. The van der Waals surface area contributed by atoms with Gasteiger partial charge in [-0.15, -0.1) is 0 Å². The van der Waals surface area contributed by atoms with Crippen LogP contribution >= 0.6 is 0 Å². The van der Waals surface area contributed by atoms with Gasteiger partial charge in [0, 0.05) is 21.9 Å². The van der Waals surface area contributed by atoms with Gasteiger partial charge in [-0.3, -0.25) is 0 Å². The van der Waals surface area contributed by atoms with Crippen LogP contribution in [0.15, 0.2) is 144 Å². The van der Waals surface area contributed by atoms with Gasteiger partial charge in [0.25, 0.3) is 0 Å². The summed E-state index contributed by atoms with van der Waals surface area (Å²) in [5.41, 5.74) is 6.62. The van der Waals surface area contributed by atoms with Crippen molar-refractivity contribution in [3.05, 3.63) is 140 Å². The maximum atomic E-state index is 6.60. The highest BCUT2D eigenvalue weighted by Gasteiger charge is 2.19. The molecule has 0 aliphatic carbocycles. The molecule has 0 radical (unpaired) electrons. The Morgan fingerprint density at radius 3 is 1.68 bits per heavy atom. The van der Waals surface area contributed by atoms with E-state index in [4.69, 9.17) is 19.4 Å². The Morgan fingerprint density at radius 2 is 0.927 bits per heavy atom. The fraction of sp³-hybridized carbons (Fsp3) is 0. The summed E-state index contributed by atoms with van der Waals surface area (Å²) in [5, 5.41) is 4.54. The highest BCUT2D eigenvalue weighted by molar-refractivity contribution is 6.17. The highest BCUT2D eigenvalue weighted by atomic mass is 16.3. The van der Waals surface area contributed by atoms with Crippen molar-refractivity contribution < 1.29 is 4.42 Å². The van der Waals surface area contributed by atoms with Crippen LogP contribution in [0.25, 0.3) is 78.0 Å². The number of nitrogens with zero attached hydrogens (tertiary/aromatic N) is 3. The van der Waals surface area contributed by atoms with Crippen molar-refractivity contribution in [2.45, 2.75) is 0 Å². The van der Waals surface area contributed by atoms with Crippen LogP contribution < -0.4 is 0 Å². The first kappa shape index (κ1) is 23.3. The molecule has 0 bridgehead atoms. The van der Waals surface area contributed by atoms with Gasteiger partial charge in [0.1, 0.15) is 11.2 Å². The fourth-order valence-corrected chi connectivity index (χ4v) is 5.64. The lowest BCUT2D eigenvalue weighted by molar-refractivity contribution is 0.669. The summed E-state index contributed by atoms with van der Waals surface area (Å²) in [4.78, 5) is 14.8. The molecule has 4 heteroatoms. The predicted octanol–water partition coefficient (Wildman–Crippen LogP) is 9.59. The second-order valence-electron chi connectivity index (χ2n) is 10.0. The average molecular weight is 526 g/mol. The maximum absolute atomic E-state index is 6.60. The van der Waals surface area contributed by atoms with E-state index in [-0.39, 0.29) is 0 Å². The van der Waals surface area contributed by atoms with Gasteiger partial charge in [-0.2, -0.15) is 0 Å². The summed E-state index contributed by atoms with van der Waals surface area (Å²) in [6.45, 7) is 0. The molecular weight excluding hydrogens is 502 g/mol. The Balaban J connectivity index is 1.39. The molecular formula is C37H23N3O. The molecule has 0 atom stereocenters. The van der Waals surface area contributed by atoms with Crippen molar-refractivity contribution in [2.75, 3.05) is 0 Å². The van der Waals surface area contributed by atoms with Crippen LogP contribution in [-0.2, 0) is 0 Å². The van der Waals surface area contributed by atoms with Gasteiger partial charge >= 0.3 is 0 Å². The minimum Gasteiger partial charge on any atom is -0.455 e. The van der Waals surface area contributed by atoms with Crippen LogP contribution in [0.5, 0.6) is 0 Å². The predicted molar refractivity (Wildman–Crippen MR) is 166 cm³/mol. The monoisotopic (exact) mass is 525 g/mol. The van der Waals surface area contributed by atoms with Gasteiger partial charge in [-0.05, 0) is 34.0 Å². The summed E-state index contributed by atoms with van der Waals surface area (Å²) in [5.74, 6) is 1.83. The molecule has 0 unspecified atom stereocenters. The third-order valence-corrected chi connectivity index (χ3v) is 7.54. The molecule has 4 nitrogen and oxygen atoms in total. The number of rotatable bonds is 4. The van der Waals surface area contributed by atoms with Crippen LogP contribution in [0.4, 0.5) is 0 Å². The van der Waals surface area contributed by atoms with Crippen molar-refractivity contribution in [2.24, 2.45) is 0 Å². The molecule has 2 aromatic heterocycles. The van der Waals surface area contributed by atoms with Crippen molar-refractivity contribution in [3.8, 4) is 45.3 Å². The Hall–Kier alpha value is -5.61. The second-order valence-corrected chi connectivity index (χ2v) is 10.0. The number of hydrogen-bond acceptors (Lipinski definition) is 4. The number of aromatic nitrogens is 3. The molecule has 192 valence electrons. The smallest absolute Gasteiger partial charge is 0.167 e. The summed E-state index contributed by atoms with van der Waals surface area (Å²) in [6, 6.07) is 47.5. The quantitative estimate of drug-likeness (QED) is 0.230. The summed E-state index contributed by atoms with van der Waals surface area (Å²) in [6.07, 6.45) is 0. The first-order chi connectivity index (χ1) is 20.3. The van der Waals surface area contributed by atoms with Gasteiger partial charge in [-0.1, -0.05) is 127 Å². The lowest BCUT2D eigenvalue weighted by Crippen LogP contribution is -2.00. The van der Waals surface area contributed by atoms with Gasteiger partial charge < -0.3 is 4.42 Å². The Bertz CT molecular complexity index is 2140. The van der Waals surface area contributed by atoms with E-state index in [1.165, 1.54) is 16.3 Å². The number of benzene rings is 6. The largest absolute Gasteiger partial charge is 0.455 e. The lowest BCUT2D eigenvalue weighted by atomic mass is 9.94. The standard InChI is InChI=1S/C37H23N3O/c1-3-13-25(14-4-1)35-38-36(26-15-5-2-6-16-26)40-37(39-35)31-22-10-21-30-33-29(20-11-23-32(33)41-34(30)31)28-19-9-17-24-12-7-8-18-27(24)28/h1-23H. The van der Waals surface area contributed by atoms with Crippen molar-refractivity contribution >= 4 is 32.7 Å². The topological polar surface area (TPSA) is 51.8 Å². The zero-order valence-corrected chi connectivity index (χ0v) is 22.0. The van der Waals surface area contributed by atoms with Crippen molar-refractivity contribution in [1.29, 1.82) is 0 Å². The summed E-state index contributed by atoms with van der Waals surface area (Å²) in [7, 11) is 0. The van der Waals surface area contributed by atoms with Crippen LogP contribution in [-0.4, -0.2) is 15.0 Å². The third-order valence-electron chi connectivity index (χ3n) is 7.54. The number of furan rings is 1. The number of hydrogen-bond donors (Lipinski definition) is 0. The summed E-state index contributed by atoms with van der Waals surface area (Å²) < 4.78 is 6.60. The SMILES string of the molecule is c1ccc(-c2nc(-c3ccccc3)nc(-c3cccc4c3oc3cccc(-c5cccc6ccccc56)c34)n2)cc1. The van der Waals surface area contributed by atoms with Crippen LogP contribution in [0.3, 0.4) is 0 Å². The van der Waals surface area contributed by atoms with E-state index >= 15 is 0 Å². The van der Waals surface area contributed by atoms with E-state index < -0.39 is 0 Å². The van der Waals surface area contributed by atoms with E-state index in [1.807, 2.05) is 72.8 Å². The van der Waals surface area contributed by atoms with E-state index in [0.29, 0.717) is 17.5 Å². The maximum Gasteiger partial charge on any atom is 0.167 e. The molecule has 0 fully saturated rings. The van der Waals surface area contributed by atoms with E-state index in [9.17, 15) is 0 Å². The van der Waals surface area contributed by atoms with Crippen molar-refractivity contribution in [3.63, 3.8) is 0 Å². The first-order valence-corrected chi connectivity index (χ1v) is 13.6. The molecule has 8 rings (SSSR count). The van der Waals surface area contributed by atoms with Gasteiger partial charge in [0.2, 0.25) is 0 Å². The Kier molecular flexibility index (Phi) is 5.42. The van der Waals surface area contributed by atoms with Crippen LogP contribution in [0, 0.1) is 0 Å². The lowest BCUT2D eigenvalue weighted by Gasteiger charge is -2.09. The Labute approximate surface area is 236 Å². The highest BCUT2D eigenvalue weighted by Crippen LogP contribution is 2.41. The minimum atomic E-state index is 0.578. The minimum absolute atomic E-state index is 0.578. The molecule has 2 heterocycles. The van der Waals surface area contributed by atoms with E-state index in [0.717, 1.165) is 44.2 Å². The normalized spacial score (nSPS) is 11.4. The van der Waals surface area contributed by atoms with Gasteiger partial charge in [0.05, 0.1) is 5.56 Å². The van der Waals surface area contributed by atoms with Crippen molar-refractivity contribution in [1.82, 2.24) is 15.0 Å². The molecule has 0 saturated carbocycles. The molecule has 0 spiro atoms. The van der Waals surface area contributed by atoms with E-state index in [1.54, 1.807) is 0 Å². The zero-order chi connectivity index (χ0) is 27.2. The Morgan fingerprint density at radius 1 is 0.390 bits per heavy atom. The van der Waals surface area contributed by atoms with Crippen LogP contribution in [0.1, 0.15) is 0 Å². The molecule has 6 aromatic carbocycles. The molecule has 41 heavy (non-hydrogen) atoms. The average Bonchev–Trinajstić information content (AvgIpc) is 3.44. The number of para-hydroxylation sites is 1. The molecule has 0 aliphatic rings. The molecule has 0 aliphatic heterocycles. The fourth-order valence-electron chi connectivity index (χ4n) is 5.64. The van der Waals surface area contributed by atoms with Crippen LogP contribution in [0.2, 0.25) is 0 Å². The first-order valence-electron chi connectivity index (χ1n) is 13.6. The molecule has 8 aromatic rings. The number of fused-ring (bicyclic) bond motifs is 4. The zero-order valence-electron chi connectivity index (χ0n) is 22.0. The second kappa shape index (κ2) is 9.54. The summed E-state index contributed by atoms with van der Waals surface area (Å²) >= 11 is 0. The van der Waals surface area contributed by atoms with Gasteiger partial charge in [0.15, 0.2) is 17.5 Å².